The van der Waals surface area contributed by atoms with E-state index >= 15 is 0 Å². The van der Waals surface area contributed by atoms with Crippen LogP contribution < -0.4 is 16.0 Å². The number of aliphatic carboxylic acids is 1. The molecular weight excluding hydrogens is 428 g/mol. The zero-order valence-corrected chi connectivity index (χ0v) is 18.3. The summed E-state index contributed by atoms with van der Waals surface area (Å²) in [6.07, 6.45) is 2.19. The van der Waals surface area contributed by atoms with E-state index in [1.807, 2.05) is 11.8 Å². The third-order valence-electron chi connectivity index (χ3n) is 5.00. The molecule has 0 bridgehead atoms. The van der Waals surface area contributed by atoms with Crippen LogP contribution in [0.25, 0.3) is 10.4 Å². The van der Waals surface area contributed by atoms with Crippen molar-refractivity contribution in [3.8, 4) is 0 Å². The number of nitrogens with zero attached hydrogens (tertiary/aromatic N) is 3. The smallest absolute Gasteiger partial charge is 0.320 e. The van der Waals surface area contributed by atoms with E-state index < -0.39 is 12.0 Å². The van der Waals surface area contributed by atoms with Crippen LogP contribution in [0.3, 0.4) is 0 Å². The summed E-state index contributed by atoms with van der Waals surface area (Å²) in [7, 11) is 0. The van der Waals surface area contributed by atoms with Crippen molar-refractivity contribution in [2.45, 2.75) is 42.6 Å². The van der Waals surface area contributed by atoms with Gasteiger partial charge < -0.3 is 35.3 Å². The van der Waals surface area contributed by atoms with Gasteiger partial charge in [-0.15, -0.1) is 0 Å². The third kappa shape index (κ3) is 9.93. The van der Waals surface area contributed by atoms with Crippen molar-refractivity contribution in [2.75, 3.05) is 58.5 Å². The Bertz CT molecular complexity index is 608. The molecule has 0 saturated carbocycles. The molecule has 1 unspecified atom stereocenters. The minimum absolute atomic E-state index is 0.105. The molecule has 2 aliphatic heterocycles. The van der Waals surface area contributed by atoms with Gasteiger partial charge in [-0.1, -0.05) is 11.5 Å². The molecule has 4 N–H and O–H groups in total. The molecule has 2 heterocycles. The molecule has 2 aliphatic rings. The molecule has 31 heavy (non-hydrogen) atoms. The van der Waals surface area contributed by atoms with E-state index in [0.29, 0.717) is 64.4 Å². The minimum atomic E-state index is -0.864. The van der Waals surface area contributed by atoms with Gasteiger partial charge in [0.1, 0.15) is 6.04 Å². The van der Waals surface area contributed by atoms with Crippen molar-refractivity contribution < 1.29 is 28.9 Å². The lowest BCUT2D eigenvalue weighted by Gasteiger charge is -2.18. The zero-order valence-electron chi connectivity index (χ0n) is 17.5. The van der Waals surface area contributed by atoms with Gasteiger partial charge in [-0.3, -0.25) is 4.79 Å². The number of carboxylic acids is 1. The van der Waals surface area contributed by atoms with Gasteiger partial charge >= 0.3 is 12.0 Å². The maximum absolute atomic E-state index is 11.5. The fourth-order valence-corrected chi connectivity index (χ4v) is 5.02. The van der Waals surface area contributed by atoms with Crippen LogP contribution in [-0.2, 0) is 19.0 Å². The second-order valence-corrected chi connectivity index (χ2v) is 8.46. The summed E-state index contributed by atoms with van der Waals surface area (Å²) in [6.45, 7) is 3.22. The number of hydrogen-bond acceptors (Lipinski definition) is 8. The summed E-state index contributed by atoms with van der Waals surface area (Å²) in [4.78, 5) is 25.5. The lowest BCUT2D eigenvalue weighted by molar-refractivity contribution is -0.139. The van der Waals surface area contributed by atoms with Crippen LogP contribution in [-0.4, -0.2) is 99.0 Å². The summed E-state index contributed by atoms with van der Waals surface area (Å²) in [6, 6.07) is -0.380. The minimum Gasteiger partial charge on any atom is -0.480 e. The molecular formula is C18H32N6O6S. The van der Waals surface area contributed by atoms with Crippen LogP contribution in [0.4, 0.5) is 4.79 Å². The number of hydrogen-bond donors (Lipinski definition) is 4. The third-order valence-corrected chi connectivity index (χ3v) is 6.51. The number of rotatable bonds is 18. The Balaban J connectivity index is 1.44. The fourth-order valence-electron chi connectivity index (χ4n) is 3.48. The Hall–Kier alpha value is -1.76. The SMILES string of the molecule is [N-]=[N+]=NCCOCCOCCOCCNC(CCC[C@@H]1SC[C@@H]2NC(=O)N[C@@H]21)C(=O)O. The highest BCUT2D eigenvalue weighted by Crippen LogP contribution is 2.33. The van der Waals surface area contributed by atoms with Gasteiger partial charge in [0.15, 0.2) is 0 Å². The predicted octanol–water partition coefficient (Wildman–Crippen LogP) is 0.725. The molecule has 13 heteroatoms. The molecule has 4 atom stereocenters. The molecule has 0 aliphatic carbocycles. The van der Waals surface area contributed by atoms with Crippen LogP contribution >= 0.6 is 11.8 Å². The Kier molecular flexibility index (Phi) is 12.4. The summed E-state index contributed by atoms with van der Waals surface area (Å²) in [5.41, 5.74) is 8.11. The maximum atomic E-state index is 11.5. The molecule has 0 spiro atoms. The van der Waals surface area contributed by atoms with E-state index in [-0.39, 0.29) is 18.1 Å². The van der Waals surface area contributed by atoms with Crippen LogP contribution in [0, 0.1) is 0 Å². The van der Waals surface area contributed by atoms with Crippen molar-refractivity contribution in [3.63, 3.8) is 0 Å². The molecule has 2 saturated heterocycles. The van der Waals surface area contributed by atoms with Crippen molar-refractivity contribution in [3.05, 3.63) is 10.4 Å². The highest BCUT2D eigenvalue weighted by molar-refractivity contribution is 8.00. The van der Waals surface area contributed by atoms with Crippen LogP contribution in [0.1, 0.15) is 19.3 Å². The molecule has 176 valence electrons. The average molecular weight is 461 g/mol. The van der Waals surface area contributed by atoms with E-state index in [4.69, 9.17) is 19.7 Å². The molecule has 2 rings (SSSR count). The predicted molar refractivity (Wildman–Crippen MR) is 115 cm³/mol. The number of ether oxygens (including phenoxy) is 3. The zero-order chi connectivity index (χ0) is 22.3. The Morgan fingerprint density at radius 2 is 1.94 bits per heavy atom. The number of azide groups is 1. The fraction of sp³-hybridized carbons (Fsp3) is 0.889. The number of thioether (sulfide) groups is 1. The van der Waals surface area contributed by atoms with Crippen LogP contribution in [0.5, 0.6) is 0 Å². The number of nitrogens with one attached hydrogen (secondary N) is 3. The molecule has 0 aromatic heterocycles. The molecule has 12 nitrogen and oxygen atoms in total. The largest absolute Gasteiger partial charge is 0.480 e. The van der Waals surface area contributed by atoms with Crippen molar-refractivity contribution in [1.29, 1.82) is 0 Å². The van der Waals surface area contributed by atoms with Gasteiger partial charge in [0.25, 0.3) is 0 Å². The van der Waals surface area contributed by atoms with E-state index in [0.717, 1.165) is 18.6 Å². The number of amides is 2. The van der Waals surface area contributed by atoms with Crippen molar-refractivity contribution in [2.24, 2.45) is 5.11 Å². The average Bonchev–Trinajstić information content (AvgIpc) is 3.29. The summed E-state index contributed by atoms with van der Waals surface area (Å²) in [5, 5.41) is 22.0. The van der Waals surface area contributed by atoms with Crippen molar-refractivity contribution >= 4 is 23.8 Å². The molecule has 0 aromatic rings. The van der Waals surface area contributed by atoms with Gasteiger partial charge in [0, 0.05) is 29.0 Å². The summed E-state index contributed by atoms with van der Waals surface area (Å²) < 4.78 is 16.0. The Morgan fingerprint density at radius 1 is 1.23 bits per heavy atom. The van der Waals surface area contributed by atoms with Crippen molar-refractivity contribution in [1.82, 2.24) is 16.0 Å². The van der Waals surface area contributed by atoms with E-state index in [1.165, 1.54) is 0 Å². The van der Waals surface area contributed by atoms with Gasteiger partial charge in [0.05, 0.1) is 51.7 Å². The number of fused-ring (bicyclic) bond motifs is 1. The quantitative estimate of drug-likeness (QED) is 0.0763. The second-order valence-electron chi connectivity index (χ2n) is 7.19. The van der Waals surface area contributed by atoms with Gasteiger partial charge in [-0.25, -0.2) is 4.79 Å². The van der Waals surface area contributed by atoms with Crippen LogP contribution in [0.2, 0.25) is 0 Å². The molecule has 0 aromatic carbocycles. The van der Waals surface area contributed by atoms with E-state index in [9.17, 15) is 14.7 Å². The second kappa shape index (κ2) is 15.1. The molecule has 2 fully saturated rings. The standard InChI is InChI=1S/C18H32N6O6S/c19-24-21-5-7-29-9-11-30-10-8-28-6-4-20-13(17(25)26)2-1-3-15-16-14(12-31-15)22-18(27)23-16/h13-16,20H,1-12H2,(H,25,26)(H2,22,23,27)/t13?,14-,15-,16-/m0/s1. The molecule has 0 radical (unpaired) electrons. The number of urea groups is 1. The van der Waals surface area contributed by atoms with Gasteiger partial charge in [0.2, 0.25) is 0 Å². The maximum Gasteiger partial charge on any atom is 0.320 e. The van der Waals surface area contributed by atoms with E-state index in [1.54, 1.807) is 0 Å². The summed E-state index contributed by atoms with van der Waals surface area (Å²) in [5.74, 6) is 0.0387. The first-order valence-corrected chi connectivity index (χ1v) is 11.6. The van der Waals surface area contributed by atoms with Gasteiger partial charge in [-0.2, -0.15) is 11.8 Å². The Morgan fingerprint density at radius 3 is 2.65 bits per heavy atom. The summed E-state index contributed by atoms with van der Waals surface area (Å²) >= 11 is 1.83. The first kappa shape index (κ1) is 25.5. The number of carboxylic acid groups (broad SMARTS) is 1. The van der Waals surface area contributed by atoms with Crippen LogP contribution in [0.15, 0.2) is 5.11 Å². The number of carbonyl (C=O) groups is 2. The monoisotopic (exact) mass is 460 g/mol. The lowest BCUT2D eigenvalue weighted by Crippen LogP contribution is -2.39. The Labute approximate surface area is 185 Å². The van der Waals surface area contributed by atoms with Gasteiger partial charge in [-0.05, 0) is 18.4 Å². The first-order valence-electron chi connectivity index (χ1n) is 10.5. The lowest BCUT2D eigenvalue weighted by atomic mass is 10.0. The highest BCUT2D eigenvalue weighted by atomic mass is 32.2. The normalized spacial score (nSPS) is 23.0. The molecule has 2 amide bonds. The van der Waals surface area contributed by atoms with E-state index in [2.05, 4.69) is 26.0 Å². The first-order chi connectivity index (χ1) is 15.1. The topological polar surface area (TPSA) is 167 Å². The number of carbonyl (C=O) groups excluding carboxylic acids is 1. The highest BCUT2D eigenvalue weighted by Gasteiger charge is 2.42.